The molecule has 1 amide bonds. The van der Waals surface area contributed by atoms with Crippen molar-refractivity contribution in [2.75, 3.05) is 11.6 Å². The van der Waals surface area contributed by atoms with Gasteiger partial charge in [0.05, 0.1) is 5.69 Å². The van der Waals surface area contributed by atoms with Gasteiger partial charge < -0.3 is 0 Å². The third-order valence-corrected chi connectivity index (χ3v) is 4.90. The molecule has 0 spiro atoms. The van der Waals surface area contributed by atoms with Crippen LogP contribution in [-0.4, -0.2) is 21.4 Å². The van der Waals surface area contributed by atoms with Gasteiger partial charge >= 0.3 is 0 Å². The second kappa shape index (κ2) is 5.46. The smallest absolute Gasteiger partial charge is 0.257 e. The Kier molecular flexibility index (Phi) is 3.67. The fourth-order valence-corrected chi connectivity index (χ4v) is 3.18. The largest absolute Gasteiger partial charge is 0.298 e. The van der Waals surface area contributed by atoms with Crippen molar-refractivity contribution in [3.8, 4) is 0 Å². The molecule has 1 N–H and O–H groups in total. The zero-order chi connectivity index (χ0) is 14.1. The quantitative estimate of drug-likeness (QED) is 0.944. The Morgan fingerprint density at radius 2 is 2.05 bits per heavy atom. The van der Waals surface area contributed by atoms with E-state index in [9.17, 15) is 9.00 Å². The van der Waals surface area contributed by atoms with E-state index in [1.807, 2.05) is 5.38 Å². The molecule has 4 nitrogen and oxygen atoms in total. The lowest BCUT2D eigenvalue weighted by atomic mass is 10.2. The van der Waals surface area contributed by atoms with Crippen molar-refractivity contribution in [1.29, 1.82) is 0 Å². The van der Waals surface area contributed by atoms with E-state index in [0.717, 1.165) is 5.69 Å². The summed E-state index contributed by atoms with van der Waals surface area (Å²) < 4.78 is 11.3. The van der Waals surface area contributed by atoms with Crippen molar-refractivity contribution >= 4 is 33.2 Å². The number of nitrogens with one attached hydrogen (secondary N) is 1. The topological polar surface area (TPSA) is 59.1 Å². The molecule has 20 heavy (non-hydrogen) atoms. The van der Waals surface area contributed by atoms with Crippen molar-refractivity contribution in [3.63, 3.8) is 0 Å². The summed E-state index contributed by atoms with van der Waals surface area (Å²) in [4.78, 5) is 17.2. The van der Waals surface area contributed by atoms with E-state index in [2.05, 4.69) is 10.3 Å². The Hall–Kier alpha value is -1.53. The molecule has 3 rings (SSSR count). The molecule has 0 saturated heterocycles. The maximum atomic E-state index is 12.1. The number of benzene rings is 1. The van der Waals surface area contributed by atoms with Crippen molar-refractivity contribution < 1.29 is 9.00 Å². The lowest BCUT2D eigenvalue weighted by molar-refractivity contribution is 0.102. The second-order valence-corrected chi connectivity index (χ2v) is 7.02. The Labute approximate surface area is 123 Å². The predicted octanol–water partition coefficient (Wildman–Crippen LogP) is 3.01. The van der Waals surface area contributed by atoms with Crippen LogP contribution in [0.1, 0.15) is 34.8 Å². The number of hydrogen-bond donors (Lipinski definition) is 1. The monoisotopic (exact) mass is 306 g/mol. The number of anilines is 1. The van der Waals surface area contributed by atoms with Gasteiger partial charge in [-0.1, -0.05) is 0 Å². The van der Waals surface area contributed by atoms with Gasteiger partial charge in [0.2, 0.25) is 0 Å². The molecule has 1 heterocycles. The van der Waals surface area contributed by atoms with Crippen LogP contribution >= 0.6 is 11.3 Å². The molecule has 1 aliphatic carbocycles. The molecule has 1 aliphatic rings. The highest BCUT2D eigenvalue weighted by molar-refractivity contribution is 7.84. The van der Waals surface area contributed by atoms with Crippen LogP contribution in [0.4, 0.5) is 5.13 Å². The van der Waals surface area contributed by atoms with Crippen LogP contribution in [0, 0.1) is 0 Å². The highest BCUT2D eigenvalue weighted by Gasteiger charge is 2.26. The lowest BCUT2D eigenvalue weighted by Gasteiger charge is -2.02. The first kappa shape index (κ1) is 13.5. The number of carbonyl (C=O) groups is 1. The SMILES string of the molecule is C[S@](=O)c1ccc(C(=O)Nc2nc(C3CC3)cs2)cc1. The predicted molar refractivity (Wildman–Crippen MR) is 80.8 cm³/mol. The summed E-state index contributed by atoms with van der Waals surface area (Å²) in [6, 6.07) is 6.79. The third kappa shape index (κ3) is 2.96. The van der Waals surface area contributed by atoms with Crippen LogP contribution in [0.3, 0.4) is 0 Å². The van der Waals surface area contributed by atoms with Gasteiger partial charge in [0.25, 0.3) is 5.91 Å². The minimum atomic E-state index is -1.03. The summed E-state index contributed by atoms with van der Waals surface area (Å²) in [6.45, 7) is 0. The van der Waals surface area contributed by atoms with E-state index in [-0.39, 0.29) is 5.91 Å². The number of amides is 1. The van der Waals surface area contributed by atoms with E-state index < -0.39 is 10.8 Å². The lowest BCUT2D eigenvalue weighted by Crippen LogP contribution is -2.11. The summed E-state index contributed by atoms with van der Waals surface area (Å²) in [6.07, 6.45) is 4.02. The van der Waals surface area contributed by atoms with E-state index in [1.165, 1.54) is 24.2 Å². The number of hydrogen-bond acceptors (Lipinski definition) is 4. The highest BCUT2D eigenvalue weighted by atomic mass is 32.2. The van der Waals surface area contributed by atoms with E-state index in [0.29, 0.717) is 21.5 Å². The minimum absolute atomic E-state index is 0.185. The molecule has 104 valence electrons. The Balaban J connectivity index is 1.69. The summed E-state index contributed by atoms with van der Waals surface area (Å²) in [7, 11) is -1.03. The van der Waals surface area contributed by atoms with Gasteiger partial charge in [0.1, 0.15) is 0 Å². The molecule has 0 bridgehead atoms. The van der Waals surface area contributed by atoms with Crippen LogP contribution in [0.5, 0.6) is 0 Å². The summed E-state index contributed by atoms with van der Waals surface area (Å²) >= 11 is 1.46. The van der Waals surface area contributed by atoms with E-state index in [4.69, 9.17) is 0 Å². The van der Waals surface area contributed by atoms with Gasteiger partial charge in [-0.2, -0.15) is 0 Å². The van der Waals surface area contributed by atoms with Gasteiger partial charge in [0.15, 0.2) is 5.13 Å². The molecule has 1 aromatic heterocycles. The zero-order valence-corrected chi connectivity index (χ0v) is 12.6. The minimum Gasteiger partial charge on any atom is -0.298 e. The van der Waals surface area contributed by atoms with Crippen LogP contribution < -0.4 is 5.32 Å². The standard InChI is InChI=1S/C14H14N2O2S2/c1-20(18)11-6-4-10(5-7-11)13(17)16-14-15-12(8-19-14)9-2-3-9/h4-9H,2-3H2,1H3,(H,15,16,17)/t20-/m0/s1. The number of rotatable bonds is 4. The Morgan fingerprint density at radius 1 is 1.35 bits per heavy atom. The zero-order valence-electron chi connectivity index (χ0n) is 11.0. The van der Waals surface area contributed by atoms with Gasteiger partial charge in [-0.3, -0.25) is 14.3 Å². The average molecular weight is 306 g/mol. The molecule has 2 aromatic rings. The van der Waals surface area contributed by atoms with Gasteiger partial charge in [-0.15, -0.1) is 11.3 Å². The Bertz CT molecular complexity index is 660. The molecular weight excluding hydrogens is 292 g/mol. The molecule has 0 unspecified atom stereocenters. The molecule has 1 fully saturated rings. The van der Waals surface area contributed by atoms with E-state index >= 15 is 0 Å². The van der Waals surface area contributed by atoms with Gasteiger partial charge in [-0.25, -0.2) is 4.98 Å². The molecule has 0 aliphatic heterocycles. The summed E-state index contributed by atoms with van der Waals surface area (Å²) in [5.41, 5.74) is 1.63. The first-order valence-electron chi connectivity index (χ1n) is 6.34. The van der Waals surface area contributed by atoms with E-state index in [1.54, 1.807) is 30.5 Å². The Morgan fingerprint density at radius 3 is 2.65 bits per heavy atom. The maximum Gasteiger partial charge on any atom is 0.257 e. The summed E-state index contributed by atoms with van der Waals surface area (Å²) in [5, 5.41) is 5.45. The molecule has 1 atom stereocenters. The number of nitrogens with zero attached hydrogens (tertiary/aromatic N) is 1. The molecule has 1 saturated carbocycles. The van der Waals surface area contributed by atoms with Crippen LogP contribution in [-0.2, 0) is 10.8 Å². The first-order chi connectivity index (χ1) is 9.63. The van der Waals surface area contributed by atoms with Crippen molar-refractivity contribution in [2.24, 2.45) is 0 Å². The van der Waals surface area contributed by atoms with Crippen LogP contribution in [0.2, 0.25) is 0 Å². The average Bonchev–Trinajstić information content (AvgIpc) is 3.20. The third-order valence-electron chi connectivity index (χ3n) is 3.19. The fraction of sp³-hybridized carbons (Fsp3) is 0.286. The van der Waals surface area contributed by atoms with Crippen molar-refractivity contribution in [2.45, 2.75) is 23.7 Å². The molecule has 6 heteroatoms. The molecular formula is C14H14N2O2S2. The van der Waals surface area contributed by atoms with Gasteiger partial charge in [-0.05, 0) is 37.1 Å². The molecule has 0 radical (unpaired) electrons. The van der Waals surface area contributed by atoms with Crippen LogP contribution in [0.15, 0.2) is 34.5 Å². The van der Waals surface area contributed by atoms with Crippen molar-refractivity contribution in [1.82, 2.24) is 4.98 Å². The van der Waals surface area contributed by atoms with Crippen LogP contribution in [0.25, 0.3) is 0 Å². The normalized spacial score (nSPS) is 15.8. The maximum absolute atomic E-state index is 12.1. The number of carbonyl (C=O) groups excluding carboxylic acids is 1. The van der Waals surface area contributed by atoms with Gasteiger partial charge in [0, 0.05) is 38.8 Å². The van der Waals surface area contributed by atoms with Crippen molar-refractivity contribution in [3.05, 3.63) is 40.9 Å². The second-order valence-electron chi connectivity index (χ2n) is 4.78. The number of aromatic nitrogens is 1. The summed E-state index contributed by atoms with van der Waals surface area (Å²) in [5.74, 6) is 0.408. The number of thiazole rings is 1. The first-order valence-corrected chi connectivity index (χ1v) is 8.77. The fourth-order valence-electron chi connectivity index (χ4n) is 1.88. The molecule has 1 aromatic carbocycles. The highest BCUT2D eigenvalue weighted by Crippen LogP contribution is 2.40.